The maximum atomic E-state index is 11.8. The Bertz CT molecular complexity index is 453. The van der Waals surface area contributed by atoms with Crippen molar-refractivity contribution in [1.29, 1.82) is 0 Å². The van der Waals surface area contributed by atoms with Gasteiger partial charge in [-0.25, -0.2) is 0 Å². The van der Waals surface area contributed by atoms with Crippen LogP contribution in [0.5, 0.6) is 11.5 Å². The fourth-order valence-electron chi connectivity index (χ4n) is 1.59. The molecule has 0 bridgehead atoms. The molecule has 0 aliphatic heterocycles. The molecule has 0 aromatic heterocycles. The number of benzene rings is 1. The van der Waals surface area contributed by atoms with E-state index in [1.54, 1.807) is 32.4 Å². The summed E-state index contributed by atoms with van der Waals surface area (Å²) in [5, 5.41) is 2.70. The van der Waals surface area contributed by atoms with Gasteiger partial charge in [0.25, 0.3) is 0 Å². The summed E-state index contributed by atoms with van der Waals surface area (Å²) in [5.41, 5.74) is 6.23. The summed E-state index contributed by atoms with van der Waals surface area (Å²) in [6.45, 7) is 0.991. The van der Waals surface area contributed by atoms with Crippen LogP contribution in [0, 0.1) is 0 Å². The molecular formula is C14H22N2O5. The Morgan fingerprint density at radius 2 is 1.95 bits per heavy atom. The minimum Gasteiger partial charge on any atom is -0.493 e. The first-order valence-corrected chi connectivity index (χ1v) is 6.47. The van der Waals surface area contributed by atoms with Gasteiger partial charge < -0.3 is 30.0 Å². The number of nitrogens with two attached hydrogens (primary N) is 1. The summed E-state index contributed by atoms with van der Waals surface area (Å²) in [5.74, 6) is 0.766. The highest BCUT2D eigenvalue weighted by atomic mass is 16.5. The van der Waals surface area contributed by atoms with Gasteiger partial charge in [0.1, 0.15) is 12.6 Å². The third kappa shape index (κ3) is 5.58. The molecule has 0 saturated heterocycles. The van der Waals surface area contributed by atoms with Gasteiger partial charge in [-0.2, -0.15) is 0 Å². The van der Waals surface area contributed by atoms with Gasteiger partial charge in [0.15, 0.2) is 11.5 Å². The lowest BCUT2D eigenvalue weighted by molar-refractivity contribution is -0.118. The van der Waals surface area contributed by atoms with Crippen LogP contribution < -0.4 is 20.5 Å². The number of carbonyl (C=O) groups excluding carboxylic acids is 1. The molecule has 118 valence electrons. The fraction of sp³-hybridized carbons (Fsp3) is 0.500. The molecule has 1 aromatic rings. The lowest BCUT2D eigenvalue weighted by Gasteiger charge is -2.14. The Morgan fingerprint density at radius 3 is 2.57 bits per heavy atom. The SMILES string of the molecule is COCCOc1cc(NC(=O)C(N)COC)ccc1OC. The first-order chi connectivity index (χ1) is 10.1. The topological polar surface area (TPSA) is 92.0 Å². The summed E-state index contributed by atoms with van der Waals surface area (Å²) in [6.07, 6.45) is 0. The van der Waals surface area contributed by atoms with E-state index in [4.69, 9.17) is 24.7 Å². The van der Waals surface area contributed by atoms with Gasteiger partial charge in [-0.05, 0) is 12.1 Å². The fourth-order valence-corrected chi connectivity index (χ4v) is 1.59. The average molecular weight is 298 g/mol. The molecule has 0 aliphatic carbocycles. The highest BCUT2D eigenvalue weighted by Crippen LogP contribution is 2.30. The minimum absolute atomic E-state index is 0.152. The summed E-state index contributed by atoms with van der Waals surface area (Å²) >= 11 is 0. The molecule has 0 radical (unpaired) electrons. The molecule has 21 heavy (non-hydrogen) atoms. The zero-order valence-electron chi connectivity index (χ0n) is 12.5. The maximum absolute atomic E-state index is 11.8. The monoisotopic (exact) mass is 298 g/mol. The zero-order valence-corrected chi connectivity index (χ0v) is 12.5. The van der Waals surface area contributed by atoms with Gasteiger partial charge in [-0.1, -0.05) is 0 Å². The third-order valence-corrected chi connectivity index (χ3v) is 2.66. The molecule has 1 atom stereocenters. The van der Waals surface area contributed by atoms with Gasteiger partial charge in [-0.3, -0.25) is 4.79 Å². The van der Waals surface area contributed by atoms with Gasteiger partial charge in [0.05, 0.1) is 20.3 Å². The van der Waals surface area contributed by atoms with Crippen molar-refractivity contribution in [1.82, 2.24) is 0 Å². The Labute approximate surface area is 124 Å². The molecule has 7 heteroatoms. The summed E-state index contributed by atoms with van der Waals surface area (Å²) in [4.78, 5) is 11.8. The van der Waals surface area contributed by atoms with Crippen molar-refractivity contribution < 1.29 is 23.7 Å². The molecule has 1 rings (SSSR count). The van der Waals surface area contributed by atoms with Gasteiger partial charge in [-0.15, -0.1) is 0 Å². The van der Waals surface area contributed by atoms with Crippen LogP contribution in [0.1, 0.15) is 0 Å². The number of amides is 1. The Balaban J connectivity index is 2.74. The molecule has 1 unspecified atom stereocenters. The van der Waals surface area contributed by atoms with Crippen molar-refractivity contribution in [2.24, 2.45) is 5.73 Å². The Morgan fingerprint density at radius 1 is 1.19 bits per heavy atom. The predicted molar refractivity (Wildman–Crippen MR) is 78.8 cm³/mol. The van der Waals surface area contributed by atoms with Crippen molar-refractivity contribution in [2.45, 2.75) is 6.04 Å². The molecule has 0 saturated carbocycles. The molecule has 3 N–H and O–H groups in total. The van der Waals surface area contributed by atoms with E-state index >= 15 is 0 Å². The van der Waals surface area contributed by atoms with E-state index in [9.17, 15) is 4.79 Å². The second kappa shape index (κ2) is 9.17. The van der Waals surface area contributed by atoms with Crippen molar-refractivity contribution in [3.63, 3.8) is 0 Å². The van der Waals surface area contributed by atoms with E-state index in [0.717, 1.165) is 0 Å². The van der Waals surface area contributed by atoms with Crippen molar-refractivity contribution >= 4 is 11.6 Å². The molecular weight excluding hydrogens is 276 g/mol. The van der Waals surface area contributed by atoms with Crippen molar-refractivity contribution in [2.75, 3.05) is 46.5 Å². The molecule has 0 spiro atoms. The third-order valence-electron chi connectivity index (χ3n) is 2.66. The second-order valence-corrected chi connectivity index (χ2v) is 4.26. The number of hydrogen-bond donors (Lipinski definition) is 2. The number of nitrogens with one attached hydrogen (secondary N) is 1. The standard InChI is InChI=1S/C14H22N2O5/c1-18-6-7-21-13-8-10(4-5-12(13)20-3)16-14(17)11(15)9-19-2/h4-5,8,11H,6-7,9,15H2,1-3H3,(H,16,17). The van der Waals surface area contributed by atoms with Gasteiger partial charge in [0.2, 0.25) is 5.91 Å². The van der Waals surface area contributed by atoms with Crippen molar-refractivity contribution in [3.8, 4) is 11.5 Å². The number of anilines is 1. The van der Waals surface area contributed by atoms with Crippen LogP contribution in [-0.2, 0) is 14.3 Å². The van der Waals surface area contributed by atoms with E-state index in [0.29, 0.717) is 30.4 Å². The Kier molecular flexibility index (Phi) is 7.52. The highest BCUT2D eigenvalue weighted by molar-refractivity contribution is 5.95. The van der Waals surface area contributed by atoms with Crippen LogP contribution in [0.4, 0.5) is 5.69 Å². The first-order valence-electron chi connectivity index (χ1n) is 6.47. The molecule has 0 heterocycles. The molecule has 0 fully saturated rings. The van der Waals surface area contributed by atoms with Crippen LogP contribution in [0.2, 0.25) is 0 Å². The number of methoxy groups -OCH3 is 3. The van der Waals surface area contributed by atoms with E-state index in [1.807, 2.05) is 0 Å². The molecule has 0 aliphatic rings. The van der Waals surface area contributed by atoms with Crippen LogP contribution in [0.3, 0.4) is 0 Å². The lowest BCUT2D eigenvalue weighted by atomic mass is 10.2. The molecule has 1 amide bonds. The number of carbonyl (C=O) groups is 1. The highest BCUT2D eigenvalue weighted by Gasteiger charge is 2.14. The first kappa shape index (κ1) is 17.2. The van der Waals surface area contributed by atoms with Gasteiger partial charge in [0, 0.05) is 26.0 Å². The van der Waals surface area contributed by atoms with Gasteiger partial charge >= 0.3 is 0 Å². The second-order valence-electron chi connectivity index (χ2n) is 4.26. The normalized spacial score (nSPS) is 11.8. The summed E-state index contributed by atoms with van der Waals surface area (Å²) < 4.78 is 20.5. The number of ether oxygens (including phenoxy) is 4. The minimum atomic E-state index is -0.727. The lowest BCUT2D eigenvalue weighted by Crippen LogP contribution is -2.39. The van der Waals surface area contributed by atoms with Crippen LogP contribution in [-0.4, -0.2) is 53.1 Å². The smallest absolute Gasteiger partial charge is 0.243 e. The van der Waals surface area contributed by atoms with E-state index in [2.05, 4.69) is 5.32 Å². The summed E-state index contributed by atoms with van der Waals surface area (Å²) in [7, 11) is 4.63. The predicted octanol–water partition coefficient (Wildman–Crippen LogP) is 0.633. The van der Waals surface area contributed by atoms with Crippen molar-refractivity contribution in [3.05, 3.63) is 18.2 Å². The number of hydrogen-bond acceptors (Lipinski definition) is 6. The number of rotatable bonds is 9. The van der Waals surface area contributed by atoms with E-state index in [1.165, 1.54) is 7.11 Å². The maximum Gasteiger partial charge on any atom is 0.243 e. The average Bonchev–Trinajstić information content (AvgIpc) is 2.48. The summed E-state index contributed by atoms with van der Waals surface area (Å²) in [6, 6.07) is 4.36. The molecule has 7 nitrogen and oxygen atoms in total. The van der Waals surface area contributed by atoms with E-state index < -0.39 is 6.04 Å². The van der Waals surface area contributed by atoms with Crippen LogP contribution in [0.15, 0.2) is 18.2 Å². The molecule has 1 aromatic carbocycles. The quantitative estimate of drug-likeness (QED) is 0.650. The van der Waals surface area contributed by atoms with E-state index in [-0.39, 0.29) is 12.5 Å². The van der Waals surface area contributed by atoms with Crippen LogP contribution >= 0.6 is 0 Å². The van der Waals surface area contributed by atoms with Crippen LogP contribution in [0.25, 0.3) is 0 Å². The Hall–Kier alpha value is -1.83. The zero-order chi connectivity index (χ0) is 15.7. The largest absolute Gasteiger partial charge is 0.493 e.